The van der Waals surface area contributed by atoms with Gasteiger partial charge in [0, 0.05) is 18.5 Å². The van der Waals surface area contributed by atoms with Gasteiger partial charge in [-0.2, -0.15) is 0 Å². The Labute approximate surface area is 103 Å². The van der Waals surface area contributed by atoms with Gasteiger partial charge in [0.15, 0.2) is 0 Å². The molecule has 3 N–H and O–H groups in total. The van der Waals surface area contributed by atoms with E-state index in [1.807, 2.05) is 0 Å². The molecule has 1 atom stereocenters. The molecular formula is C13H24N2O2. The number of amides is 1. The van der Waals surface area contributed by atoms with Crippen molar-refractivity contribution in [1.82, 2.24) is 10.6 Å². The fraction of sp³-hybridized carbons (Fsp3) is 0.923. The topological polar surface area (TPSA) is 61.4 Å². The second kappa shape index (κ2) is 4.58. The van der Waals surface area contributed by atoms with Crippen LogP contribution in [-0.4, -0.2) is 37.3 Å². The standard InChI is InChI=1S/C13H24N2O2/c1-10(2)13(5-6-14-8-13)11(17)15-7-12(9-16)3-4-12/h10,14,16H,3-9H2,1-2H3,(H,15,17). The zero-order valence-electron chi connectivity index (χ0n) is 10.9. The van der Waals surface area contributed by atoms with Crippen molar-refractivity contribution in [3.8, 4) is 0 Å². The summed E-state index contributed by atoms with van der Waals surface area (Å²) < 4.78 is 0. The predicted molar refractivity (Wildman–Crippen MR) is 66.5 cm³/mol. The summed E-state index contributed by atoms with van der Waals surface area (Å²) in [6, 6.07) is 0. The van der Waals surface area contributed by atoms with Crippen molar-refractivity contribution in [1.29, 1.82) is 0 Å². The van der Waals surface area contributed by atoms with Crippen LogP contribution in [0, 0.1) is 16.7 Å². The lowest BCUT2D eigenvalue weighted by Gasteiger charge is -2.31. The lowest BCUT2D eigenvalue weighted by Crippen LogP contribution is -2.47. The molecule has 1 unspecified atom stereocenters. The Morgan fingerprint density at radius 1 is 1.41 bits per heavy atom. The molecule has 0 aromatic heterocycles. The molecule has 2 rings (SSSR count). The van der Waals surface area contributed by atoms with Gasteiger partial charge in [0.05, 0.1) is 12.0 Å². The number of hydrogen-bond donors (Lipinski definition) is 3. The van der Waals surface area contributed by atoms with E-state index >= 15 is 0 Å². The number of carbonyl (C=O) groups is 1. The van der Waals surface area contributed by atoms with Gasteiger partial charge in [0.1, 0.15) is 0 Å². The highest BCUT2D eigenvalue weighted by Crippen LogP contribution is 2.44. The van der Waals surface area contributed by atoms with Crippen molar-refractivity contribution in [3.05, 3.63) is 0 Å². The monoisotopic (exact) mass is 240 g/mol. The molecular weight excluding hydrogens is 216 g/mol. The molecule has 0 aromatic rings. The molecule has 98 valence electrons. The Morgan fingerprint density at radius 2 is 2.12 bits per heavy atom. The highest BCUT2D eigenvalue weighted by Gasteiger charge is 2.46. The van der Waals surface area contributed by atoms with Crippen LogP contribution in [0.1, 0.15) is 33.1 Å². The van der Waals surface area contributed by atoms with E-state index in [4.69, 9.17) is 0 Å². The normalized spacial score (nSPS) is 30.6. The second-order valence-corrected chi connectivity index (χ2v) is 6.08. The van der Waals surface area contributed by atoms with E-state index < -0.39 is 0 Å². The van der Waals surface area contributed by atoms with Crippen LogP contribution >= 0.6 is 0 Å². The number of nitrogens with one attached hydrogen (secondary N) is 2. The average Bonchev–Trinajstić information content (AvgIpc) is 2.92. The van der Waals surface area contributed by atoms with Crippen LogP contribution in [0.2, 0.25) is 0 Å². The first-order valence-corrected chi connectivity index (χ1v) is 6.65. The van der Waals surface area contributed by atoms with Gasteiger partial charge in [0.25, 0.3) is 0 Å². The zero-order chi connectivity index (χ0) is 12.5. The lowest BCUT2D eigenvalue weighted by molar-refractivity contribution is -0.132. The zero-order valence-corrected chi connectivity index (χ0v) is 10.9. The molecule has 1 saturated heterocycles. The molecule has 0 radical (unpaired) electrons. The van der Waals surface area contributed by atoms with Gasteiger partial charge >= 0.3 is 0 Å². The van der Waals surface area contributed by atoms with Crippen LogP contribution in [0.4, 0.5) is 0 Å². The Bertz CT molecular complexity index is 292. The fourth-order valence-electron chi connectivity index (χ4n) is 2.67. The maximum atomic E-state index is 12.4. The van der Waals surface area contributed by atoms with Gasteiger partial charge < -0.3 is 15.7 Å². The molecule has 1 heterocycles. The van der Waals surface area contributed by atoms with Crippen molar-refractivity contribution in [2.24, 2.45) is 16.7 Å². The van der Waals surface area contributed by atoms with Crippen molar-refractivity contribution in [3.63, 3.8) is 0 Å². The summed E-state index contributed by atoms with van der Waals surface area (Å²) in [7, 11) is 0. The molecule has 2 aliphatic rings. The van der Waals surface area contributed by atoms with Crippen LogP contribution in [0.3, 0.4) is 0 Å². The minimum Gasteiger partial charge on any atom is -0.396 e. The largest absolute Gasteiger partial charge is 0.396 e. The average molecular weight is 240 g/mol. The molecule has 1 saturated carbocycles. The second-order valence-electron chi connectivity index (χ2n) is 6.08. The quantitative estimate of drug-likeness (QED) is 0.656. The van der Waals surface area contributed by atoms with Crippen LogP contribution < -0.4 is 10.6 Å². The molecule has 1 aliphatic heterocycles. The molecule has 0 bridgehead atoms. The van der Waals surface area contributed by atoms with Crippen LogP contribution in [-0.2, 0) is 4.79 Å². The summed E-state index contributed by atoms with van der Waals surface area (Å²) in [6.45, 7) is 6.77. The first kappa shape index (κ1) is 12.8. The van der Waals surface area contributed by atoms with Gasteiger partial charge in [-0.1, -0.05) is 13.8 Å². The Kier molecular flexibility index (Phi) is 3.46. The third kappa shape index (κ3) is 2.33. The molecule has 1 aliphatic carbocycles. The maximum Gasteiger partial charge on any atom is 0.227 e. The van der Waals surface area contributed by atoms with E-state index in [0.717, 1.165) is 32.4 Å². The van der Waals surface area contributed by atoms with Crippen LogP contribution in [0.5, 0.6) is 0 Å². The summed E-state index contributed by atoms with van der Waals surface area (Å²) in [5.74, 6) is 0.513. The minimum atomic E-state index is -0.245. The van der Waals surface area contributed by atoms with Gasteiger partial charge in [-0.05, 0) is 31.7 Å². The summed E-state index contributed by atoms with van der Waals surface area (Å²) >= 11 is 0. The SMILES string of the molecule is CC(C)C1(C(=O)NCC2(CO)CC2)CCNC1. The van der Waals surface area contributed by atoms with E-state index in [1.165, 1.54) is 0 Å². The highest BCUT2D eigenvalue weighted by atomic mass is 16.3. The lowest BCUT2D eigenvalue weighted by atomic mass is 9.75. The molecule has 1 amide bonds. The number of aliphatic hydroxyl groups excluding tert-OH is 1. The third-order valence-electron chi connectivity index (χ3n) is 4.66. The number of rotatable bonds is 5. The van der Waals surface area contributed by atoms with Crippen molar-refractivity contribution in [2.75, 3.05) is 26.2 Å². The highest BCUT2D eigenvalue weighted by molar-refractivity contribution is 5.83. The maximum absolute atomic E-state index is 12.4. The van der Waals surface area contributed by atoms with E-state index in [1.54, 1.807) is 0 Å². The van der Waals surface area contributed by atoms with E-state index in [-0.39, 0.29) is 23.3 Å². The Morgan fingerprint density at radius 3 is 2.53 bits per heavy atom. The third-order valence-corrected chi connectivity index (χ3v) is 4.66. The van der Waals surface area contributed by atoms with Crippen LogP contribution in [0.15, 0.2) is 0 Å². The number of hydrogen-bond acceptors (Lipinski definition) is 3. The van der Waals surface area contributed by atoms with Crippen molar-refractivity contribution in [2.45, 2.75) is 33.1 Å². The molecule has 0 aromatic carbocycles. The van der Waals surface area contributed by atoms with E-state index in [9.17, 15) is 9.90 Å². The smallest absolute Gasteiger partial charge is 0.227 e. The number of aliphatic hydroxyl groups is 1. The minimum absolute atomic E-state index is 0.000137. The summed E-state index contributed by atoms with van der Waals surface area (Å²) in [5.41, 5.74) is -0.245. The molecule has 2 fully saturated rings. The van der Waals surface area contributed by atoms with Gasteiger partial charge in [-0.25, -0.2) is 0 Å². The summed E-state index contributed by atoms with van der Waals surface area (Å²) in [4.78, 5) is 12.4. The number of carbonyl (C=O) groups excluding carboxylic acids is 1. The predicted octanol–water partition coefficient (Wildman–Crippen LogP) is 0.511. The van der Waals surface area contributed by atoms with E-state index in [0.29, 0.717) is 12.5 Å². The van der Waals surface area contributed by atoms with Gasteiger partial charge in [0.2, 0.25) is 5.91 Å². The Hall–Kier alpha value is -0.610. The first-order valence-electron chi connectivity index (χ1n) is 6.65. The molecule has 4 nitrogen and oxygen atoms in total. The van der Waals surface area contributed by atoms with Gasteiger partial charge in [-0.15, -0.1) is 0 Å². The fourth-order valence-corrected chi connectivity index (χ4v) is 2.67. The Balaban J connectivity index is 1.93. The summed E-state index contributed by atoms with van der Waals surface area (Å²) in [6.07, 6.45) is 3.00. The van der Waals surface area contributed by atoms with Crippen molar-refractivity contribution < 1.29 is 9.90 Å². The molecule has 17 heavy (non-hydrogen) atoms. The van der Waals surface area contributed by atoms with Crippen molar-refractivity contribution >= 4 is 5.91 Å². The van der Waals surface area contributed by atoms with Crippen LogP contribution in [0.25, 0.3) is 0 Å². The molecule has 0 spiro atoms. The van der Waals surface area contributed by atoms with Gasteiger partial charge in [-0.3, -0.25) is 4.79 Å². The first-order chi connectivity index (χ1) is 8.05. The summed E-state index contributed by atoms with van der Waals surface area (Å²) in [5, 5.41) is 15.6. The van der Waals surface area contributed by atoms with E-state index in [2.05, 4.69) is 24.5 Å². The molecule has 4 heteroatoms.